The first kappa shape index (κ1) is 15.5. The normalized spacial score (nSPS) is 17.6. The third-order valence-corrected chi connectivity index (χ3v) is 4.45. The van der Waals surface area contributed by atoms with E-state index in [2.05, 4.69) is 30.5 Å². The molecule has 1 N–H and O–H groups in total. The first-order valence-corrected chi connectivity index (χ1v) is 8.38. The van der Waals surface area contributed by atoms with Gasteiger partial charge in [-0.05, 0) is 36.6 Å². The summed E-state index contributed by atoms with van der Waals surface area (Å²) in [6, 6.07) is 7.65. The van der Waals surface area contributed by atoms with Gasteiger partial charge in [-0.3, -0.25) is 9.78 Å². The number of carbonyl (C=O) groups excluding carboxylic acids is 1. The van der Waals surface area contributed by atoms with Crippen LogP contribution in [0.1, 0.15) is 18.4 Å². The minimum atomic E-state index is -0.0381. The molecule has 4 rings (SSSR count). The van der Waals surface area contributed by atoms with Crippen molar-refractivity contribution in [2.24, 2.45) is 5.92 Å². The van der Waals surface area contributed by atoms with Crippen LogP contribution in [-0.2, 0) is 11.3 Å². The summed E-state index contributed by atoms with van der Waals surface area (Å²) < 4.78 is 1.65. The molecule has 1 aliphatic heterocycles. The third kappa shape index (κ3) is 3.42. The lowest BCUT2D eigenvalue weighted by Crippen LogP contribution is -2.43. The monoisotopic (exact) mass is 337 g/mol. The molecule has 128 valence electrons. The fraction of sp³-hybridized carbons (Fsp3) is 0.353. The molecule has 0 radical (unpaired) electrons. The van der Waals surface area contributed by atoms with E-state index in [0.29, 0.717) is 18.7 Å². The standard InChI is InChI=1S/C17H19N7O/c25-17(19-10-13-3-1-7-18-9-13)14-4-2-8-23(11-14)16-6-5-15-21-20-12-24(15)22-16/h1,3,5-7,9,12,14H,2,4,8,10-11H2,(H,19,25). The Morgan fingerprint density at radius 2 is 2.28 bits per heavy atom. The number of amides is 1. The second kappa shape index (κ2) is 6.84. The highest BCUT2D eigenvalue weighted by Gasteiger charge is 2.26. The molecule has 0 aromatic carbocycles. The minimum absolute atomic E-state index is 0.0381. The Morgan fingerprint density at radius 3 is 3.16 bits per heavy atom. The zero-order valence-corrected chi connectivity index (χ0v) is 13.7. The summed E-state index contributed by atoms with van der Waals surface area (Å²) in [6.07, 6.45) is 6.94. The number of piperidine rings is 1. The molecule has 4 heterocycles. The summed E-state index contributed by atoms with van der Waals surface area (Å²) in [4.78, 5) is 18.7. The van der Waals surface area contributed by atoms with Gasteiger partial charge in [0, 0.05) is 32.0 Å². The van der Waals surface area contributed by atoms with Crippen LogP contribution in [0.3, 0.4) is 0 Å². The summed E-state index contributed by atoms with van der Waals surface area (Å²) in [5.74, 6) is 0.889. The Kier molecular flexibility index (Phi) is 4.24. The zero-order valence-electron chi connectivity index (χ0n) is 13.7. The van der Waals surface area contributed by atoms with Crippen molar-refractivity contribution in [2.45, 2.75) is 19.4 Å². The van der Waals surface area contributed by atoms with E-state index in [1.54, 1.807) is 23.2 Å². The van der Waals surface area contributed by atoms with Crippen LogP contribution >= 0.6 is 0 Å². The molecule has 1 atom stereocenters. The maximum absolute atomic E-state index is 12.5. The van der Waals surface area contributed by atoms with Gasteiger partial charge in [0.25, 0.3) is 0 Å². The van der Waals surface area contributed by atoms with Gasteiger partial charge >= 0.3 is 0 Å². The van der Waals surface area contributed by atoms with E-state index < -0.39 is 0 Å². The second-order valence-electron chi connectivity index (χ2n) is 6.19. The van der Waals surface area contributed by atoms with E-state index in [4.69, 9.17) is 0 Å². The molecule has 3 aromatic rings. The predicted molar refractivity (Wildman–Crippen MR) is 91.8 cm³/mol. The van der Waals surface area contributed by atoms with E-state index in [-0.39, 0.29) is 11.8 Å². The highest BCUT2D eigenvalue weighted by atomic mass is 16.1. The Hall–Kier alpha value is -3.03. The van der Waals surface area contributed by atoms with E-state index in [0.717, 1.165) is 30.8 Å². The SMILES string of the molecule is O=C(NCc1cccnc1)C1CCCN(c2ccc3nncn3n2)C1. The Labute approximate surface area is 144 Å². The van der Waals surface area contributed by atoms with Crippen molar-refractivity contribution >= 4 is 17.4 Å². The summed E-state index contributed by atoms with van der Waals surface area (Å²) in [5.41, 5.74) is 1.72. The number of anilines is 1. The molecule has 25 heavy (non-hydrogen) atoms. The lowest BCUT2D eigenvalue weighted by molar-refractivity contribution is -0.125. The quantitative estimate of drug-likeness (QED) is 0.766. The van der Waals surface area contributed by atoms with Crippen molar-refractivity contribution < 1.29 is 4.79 Å². The Balaban J connectivity index is 1.40. The van der Waals surface area contributed by atoms with Crippen LogP contribution < -0.4 is 10.2 Å². The van der Waals surface area contributed by atoms with E-state index in [1.165, 1.54) is 0 Å². The molecule has 0 bridgehead atoms. The number of carbonyl (C=O) groups is 1. The molecule has 0 saturated carbocycles. The number of pyridine rings is 1. The topological polar surface area (TPSA) is 88.3 Å². The molecule has 3 aromatic heterocycles. The maximum Gasteiger partial charge on any atom is 0.225 e. The van der Waals surface area contributed by atoms with Gasteiger partial charge in [-0.15, -0.1) is 15.3 Å². The molecule has 1 unspecified atom stereocenters. The number of nitrogens with zero attached hydrogens (tertiary/aromatic N) is 6. The van der Waals surface area contributed by atoms with Crippen molar-refractivity contribution in [3.63, 3.8) is 0 Å². The van der Waals surface area contributed by atoms with Gasteiger partial charge in [0.1, 0.15) is 12.1 Å². The van der Waals surface area contributed by atoms with Gasteiger partial charge in [0.05, 0.1) is 5.92 Å². The van der Waals surface area contributed by atoms with Crippen LogP contribution in [0.4, 0.5) is 5.82 Å². The molecule has 1 amide bonds. The highest BCUT2D eigenvalue weighted by Crippen LogP contribution is 2.22. The molecule has 1 fully saturated rings. The number of rotatable bonds is 4. The molecular formula is C17H19N7O. The van der Waals surface area contributed by atoms with Crippen molar-refractivity contribution in [3.05, 3.63) is 48.5 Å². The first-order chi connectivity index (χ1) is 12.3. The lowest BCUT2D eigenvalue weighted by Gasteiger charge is -2.32. The van der Waals surface area contributed by atoms with E-state index in [1.807, 2.05) is 24.3 Å². The number of hydrogen-bond donors (Lipinski definition) is 1. The fourth-order valence-corrected chi connectivity index (χ4v) is 3.12. The maximum atomic E-state index is 12.5. The van der Waals surface area contributed by atoms with Crippen molar-refractivity contribution in [2.75, 3.05) is 18.0 Å². The summed E-state index contributed by atoms with van der Waals surface area (Å²) >= 11 is 0. The van der Waals surface area contributed by atoms with Crippen LogP contribution in [0.5, 0.6) is 0 Å². The van der Waals surface area contributed by atoms with Crippen LogP contribution in [-0.4, -0.2) is 43.8 Å². The number of hydrogen-bond acceptors (Lipinski definition) is 6. The molecule has 0 spiro atoms. The average Bonchev–Trinajstić information content (AvgIpc) is 3.15. The van der Waals surface area contributed by atoms with Gasteiger partial charge in [-0.1, -0.05) is 6.07 Å². The second-order valence-corrected chi connectivity index (χ2v) is 6.19. The van der Waals surface area contributed by atoms with E-state index in [9.17, 15) is 4.79 Å². The summed E-state index contributed by atoms with van der Waals surface area (Å²) in [6.45, 7) is 2.07. The largest absolute Gasteiger partial charge is 0.354 e. The Morgan fingerprint density at radius 1 is 1.32 bits per heavy atom. The molecular weight excluding hydrogens is 318 g/mol. The third-order valence-electron chi connectivity index (χ3n) is 4.45. The van der Waals surface area contributed by atoms with Crippen LogP contribution in [0.2, 0.25) is 0 Å². The van der Waals surface area contributed by atoms with Crippen molar-refractivity contribution in [3.8, 4) is 0 Å². The summed E-state index contributed by atoms with van der Waals surface area (Å²) in [5, 5.41) is 15.3. The van der Waals surface area contributed by atoms with Crippen LogP contribution in [0, 0.1) is 5.92 Å². The molecule has 0 aliphatic carbocycles. The first-order valence-electron chi connectivity index (χ1n) is 8.38. The van der Waals surface area contributed by atoms with E-state index >= 15 is 0 Å². The fourth-order valence-electron chi connectivity index (χ4n) is 3.12. The van der Waals surface area contributed by atoms with Gasteiger partial charge in [-0.2, -0.15) is 4.52 Å². The highest BCUT2D eigenvalue weighted by molar-refractivity contribution is 5.79. The van der Waals surface area contributed by atoms with Gasteiger partial charge < -0.3 is 10.2 Å². The average molecular weight is 337 g/mol. The molecule has 8 heteroatoms. The van der Waals surface area contributed by atoms with Gasteiger partial charge in [-0.25, -0.2) is 0 Å². The predicted octanol–water partition coefficient (Wildman–Crippen LogP) is 1.05. The van der Waals surface area contributed by atoms with Crippen molar-refractivity contribution in [1.82, 2.24) is 30.1 Å². The number of fused-ring (bicyclic) bond motifs is 1. The zero-order chi connectivity index (χ0) is 17.1. The number of aromatic nitrogens is 5. The van der Waals surface area contributed by atoms with Gasteiger partial charge in [0.2, 0.25) is 5.91 Å². The molecule has 8 nitrogen and oxygen atoms in total. The molecule has 1 saturated heterocycles. The lowest BCUT2D eigenvalue weighted by atomic mass is 9.97. The van der Waals surface area contributed by atoms with Crippen molar-refractivity contribution in [1.29, 1.82) is 0 Å². The molecule has 1 aliphatic rings. The summed E-state index contributed by atoms with van der Waals surface area (Å²) in [7, 11) is 0. The number of nitrogens with one attached hydrogen (secondary N) is 1. The van der Waals surface area contributed by atoms with Crippen LogP contribution in [0.15, 0.2) is 43.0 Å². The van der Waals surface area contributed by atoms with Gasteiger partial charge in [0.15, 0.2) is 5.65 Å². The smallest absolute Gasteiger partial charge is 0.225 e. The Bertz CT molecular complexity index is 864. The minimum Gasteiger partial charge on any atom is -0.354 e. The van der Waals surface area contributed by atoms with Crippen LogP contribution in [0.25, 0.3) is 5.65 Å².